The third-order valence-electron chi connectivity index (χ3n) is 6.64. The van der Waals surface area contributed by atoms with Gasteiger partial charge in [0.15, 0.2) is 0 Å². The van der Waals surface area contributed by atoms with E-state index in [1.807, 2.05) is 0 Å². The normalized spacial score (nSPS) is 13.3. The van der Waals surface area contributed by atoms with Crippen molar-refractivity contribution in [3.8, 4) is 0 Å². The summed E-state index contributed by atoms with van der Waals surface area (Å²) in [4.78, 5) is 0. The second-order valence-corrected chi connectivity index (χ2v) is 10.2. The molecule has 2 aromatic carbocycles. The molecule has 0 aromatic heterocycles. The molecule has 0 aliphatic rings. The van der Waals surface area contributed by atoms with Crippen molar-refractivity contribution in [3.05, 3.63) is 64.7 Å². The van der Waals surface area contributed by atoms with E-state index in [0.29, 0.717) is 5.92 Å². The summed E-state index contributed by atoms with van der Waals surface area (Å²) >= 11 is 0. The maximum atomic E-state index is 2.42. The highest BCUT2D eigenvalue weighted by Gasteiger charge is 2.42. The molecule has 0 atom stereocenters. The van der Waals surface area contributed by atoms with Crippen LogP contribution in [0.5, 0.6) is 0 Å². The van der Waals surface area contributed by atoms with Gasteiger partial charge in [0.2, 0.25) is 0 Å². The van der Waals surface area contributed by atoms with E-state index in [9.17, 15) is 0 Å². The topological polar surface area (TPSA) is 0 Å². The number of rotatable bonds is 4. The Morgan fingerprint density at radius 1 is 0.654 bits per heavy atom. The van der Waals surface area contributed by atoms with E-state index in [4.69, 9.17) is 0 Å². The van der Waals surface area contributed by atoms with Gasteiger partial charge in [-0.15, -0.1) is 0 Å². The van der Waals surface area contributed by atoms with Gasteiger partial charge in [-0.05, 0) is 38.9 Å². The molecule has 0 heterocycles. The zero-order valence-electron chi connectivity index (χ0n) is 18.6. The van der Waals surface area contributed by atoms with Crippen molar-refractivity contribution in [2.75, 3.05) is 0 Å². The van der Waals surface area contributed by atoms with E-state index in [2.05, 4.69) is 113 Å². The van der Waals surface area contributed by atoms with Crippen LogP contribution in [0.4, 0.5) is 0 Å². The molecule has 2 aromatic rings. The molecule has 0 aliphatic carbocycles. The Balaban J connectivity index is 2.68. The molecule has 2 rings (SSSR count). The minimum absolute atomic E-state index is 0.0111. The lowest BCUT2D eigenvalue weighted by atomic mass is 9.56. The van der Waals surface area contributed by atoms with Crippen molar-refractivity contribution in [2.24, 2.45) is 0 Å². The van der Waals surface area contributed by atoms with Crippen molar-refractivity contribution in [1.82, 2.24) is 0 Å². The molecular formula is C25H37B. The fourth-order valence-corrected chi connectivity index (χ4v) is 4.31. The monoisotopic (exact) mass is 348 g/mol. The predicted octanol–water partition coefficient (Wildman–Crippen LogP) is 5.62. The fourth-order valence-electron chi connectivity index (χ4n) is 4.31. The maximum Gasteiger partial charge on any atom is 0.140 e. The van der Waals surface area contributed by atoms with E-state index in [0.717, 1.165) is 0 Å². The van der Waals surface area contributed by atoms with Gasteiger partial charge in [0.05, 0.1) is 0 Å². The minimum atomic E-state index is 0.0111. The standard InChI is InChI=1S/C25H37B/c1-17(2)18-13-12-16-21(22(18)26)25(8,9)24(6,7)20-15-11-10-14-19(20)23(3,4)5/h10-17H,26H2,1-9H3. The summed E-state index contributed by atoms with van der Waals surface area (Å²) in [6.07, 6.45) is 0. The van der Waals surface area contributed by atoms with Gasteiger partial charge < -0.3 is 0 Å². The molecule has 0 bridgehead atoms. The Labute approximate surface area is 162 Å². The van der Waals surface area contributed by atoms with E-state index < -0.39 is 0 Å². The van der Waals surface area contributed by atoms with Crippen LogP contribution >= 0.6 is 0 Å². The number of benzene rings is 2. The van der Waals surface area contributed by atoms with Crippen molar-refractivity contribution < 1.29 is 0 Å². The summed E-state index contributed by atoms with van der Waals surface area (Å²) in [5, 5.41) is 0. The summed E-state index contributed by atoms with van der Waals surface area (Å²) in [5.41, 5.74) is 7.48. The highest BCUT2D eigenvalue weighted by molar-refractivity contribution is 6.34. The zero-order chi connectivity index (χ0) is 19.9. The highest BCUT2D eigenvalue weighted by atomic mass is 14.5. The van der Waals surface area contributed by atoms with Gasteiger partial charge in [0.25, 0.3) is 0 Å². The molecule has 0 spiro atoms. The van der Waals surface area contributed by atoms with Crippen LogP contribution in [0.25, 0.3) is 0 Å². The summed E-state index contributed by atoms with van der Waals surface area (Å²) in [6.45, 7) is 21.2. The summed E-state index contributed by atoms with van der Waals surface area (Å²) in [7, 11) is 2.30. The minimum Gasteiger partial charge on any atom is -0.0819 e. The smallest absolute Gasteiger partial charge is 0.0819 e. The molecule has 0 amide bonds. The van der Waals surface area contributed by atoms with E-state index in [1.54, 1.807) is 0 Å². The Kier molecular flexibility index (Phi) is 5.53. The van der Waals surface area contributed by atoms with Crippen molar-refractivity contribution >= 4 is 13.3 Å². The maximum absolute atomic E-state index is 2.42. The lowest BCUT2D eigenvalue weighted by molar-refractivity contribution is 0.299. The SMILES string of the molecule is Bc1c(C(C)C)cccc1C(C)(C)C(C)(C)c1ccccc1C(C)(C)C. The average Bonchev–Trinajstić information content (AvgIpc) is 2.53. The molecular weight excluding hydrogens is 311 g/mol. The molecule has 0 saturated heterocycles. The van der Waals surface area contributed by atoms with Gasteiger partial charge in [-0.1, -0.05) is 116 Å². The number of hydrogen-bond donors (Lipinski definition) is 0. The van der Waals surface area contributed by atoms with Gasteiger partial charge in [-0.25, -0.2) is 0 Å². The van der Waals surface area contributed by atoms with Crippen LogP contribution in [-0.2, 0) is 16.2 Å². The zero-order valence-corrected chi connectivity index (χ0v) is 18.6. The fraction of sp³-hybridized carbons (Fsp3) is 0.520. The third-order valence-corrected chi connectivity index (χ3v) is 6.64. The van der Waals surface area contributed by atoms with Gasteiger partial charge in [0, 0.05) is 0 Å². The molecule has 0 fully saturated rings. The molecule has 0 saturated carbocycles. The molecule has 0 N–H and O–H groups in total. The summed E-state index contributed by atoms with van der Waals surface area (Å²) in [5.74, 6) is 0.552. The largest absolute Gasteiger partial charge is 0.140 e. The van der Waals surface area contributed by atoms with E-state index in [-0.39, 0.29) is 16.2 Å². The van der Waals surface area contributed by atoms with E-state index in [1.165, 1.54) is 27.7 Å². The molecule has 0 nitrogen and oxygen atoms in total. The summed E-state index contributed by atoms with van der Waals surface area (Å²) in [6, 6.07) is 15.9. The second kappa shape index (κ2) is 6.91. The van der Waals surface area contributed by atoms with Crippen molar-refractivity contribution in [1.29, 1.82) is 0 Å². The molecule has 1 heteroatoms. The quantitative estimate of drug-likeness (QED) is 0.629. The summed E-state index contributed by atoms with van der Waals surface area (Å²) < 4.78 is 0. The van der Waals surface area contributed by atoms with Crippen LogP contribution < -0.4 is 5.46 Å². The van der Waals surface area contributed by atoms with Gasteiger partial charge in [0.1, 0.15) is 7.85 Å². The first kappa shape index (κ1) is 20.8. The van der Waals surface area contributed by atoms with Crippen LogP contribution in [0.15, 0.2) is 42.5 Å². The highest BCUT2D eigenvalue weighted by Crippen LogP contribution is 2.46. The average molecular weight is 348 g/mol. The molecule has 0 aliphatic heterocycles. The molecule has 0 unspecified atom stereocenters. The first-order valence-corrected chi connectivity index (χ1v) is 10.0. The first-order chi connectivity index (χ1) is 11.8. The first-order valence-electron chi connectivity index (χ1n) is 10.0. The van der Waals surface area contributed by atoms with Crippen LogP contribution in [0.1, 0.15) is 90.5 Å². The lowest BCUT2D eigenvalue weighted by Crippen LogP contribution is -2.45. The Morgan fingerprint density at radius 2 is 1.12 bits per heavy atom. The molecule has 140 valence electrons. The van der Waals surface area contributed by atoms with Crippen molar-refractivity contribution in [3.63, 3.8) is 0 Å². The predicted molar refractivity (Wildman–Crippen MR) is 120 cm³/mol. The third kappa shape index (κ3) is 3.50. The Morgan fingerprint density at radius 3 is 1.62 bits per heavy atom. The second-order valence-electron chi connectivity index (χ2n) is 10.2. The van der Waals surface area contributed by atoms with Crippen LogP contribution in [-0.4, -0.2) is 7.85 Å². The van der Waals surface area contributed by atoms with E-state index >= 15 is 0 Å². The van der Waals surface area contributed by atoms with Gasteiger partial charge >= 0.3 is 0 Å². The van der Waals surface area contributed by atoms with Gasteiger partial charge in [-0.3, -0.25) is 0 Å². The number of hydrogen-bond acceptors (Lipinski definition) is 0. The molecule has 26 heavy (non-hydrogen) atoms. The van der Waals surface area contributed by atoms with Crippen LogP contribution in [0, 0.1) is 0 Å². The van der Waals surface area contributed by atoms with Crippen LogP contribution in [0.3, 0.4) is 0 Å². The van der Waals surface area contributed by atoms with Crippen molar-refractivity contribution in [2.45, 2.75) is 84.5 Å². The van der Waals surface area contributed by atoms with Crippen LogP contribution in [0.2, 0.25) is 0 Å². The Hall–Kier alpha value is -1.50. The van der Waals surface area contributed by atoms with Gasteiger partial charge in [-0.2, -0.15) is 0 Å². The lowest BCUT2D eigenvalue weighted by Gasteiger charge is -2.46. The Bertz CT molecular complexity index is 773. The molecule has 0 radical (unpaired) electrons.